The second-order valence-corrected chi connectivity index (χ2v) is 5.74. The van der Waals surface area contributed by atoms with Gasteiger partial charge in [-0.2, -0.15) is 0 Å². The lowest BCUT2D eigenvalue weighted by atomic mass is 10.0. The van der Waals surface area contributed by atoms with Gasteiger partial charge in [0, 0.05) is 38.7 Å². The van der Waals surface area contributed by atoms with Crippen molar-refractivity contribution in [1.82, 2.24) is 10.2 Å². The van der Waals surface area contributed by atoms with Gasteiger partial charge in [0.2, 0.25) is 0 Å². The molecule has 1 atom stereocenters. The second-order valence-electron chi connectivity index (χ2n) is 5.74. The van der Waals surface area contributed by atoms with E-state index in [9.17, 15) is 4.79 Å². The summed E-state index contributed by atoms with van der Waals surface area (Å²) in [7, 11) is 1.67. The zero-order valence-electron chi connectivity index (χ0n) is 12.4. The molecule has 0 spiro atoms. The Morgan fingerprint density at radius 1 is 1.57 bits per heavy atom. The fourth-order valence-corrected chi connectivity index (χ4v) is 2.93. The number of urea groups is 1. The van der Waals surface area contributed by atoms with Crippen LogP contribution in [-0.2, 0) is 22.4 Å². The van der Waals surface area contributed by atoms with E-state index in [1.54, 1.807) is 13.4 Å². The van der Waals surface area contributed by atoms with Crippen molar-refractivity contribution in [2.45, 2.75) is 31.4 Å². The van der Waals surface area contributed by atoms with Gasteiger partial charge in [-0.1, -0.05) is 0 Å². The van der Waals surface area contributed by atoms with Crippen LogP contribution in [0.15, 0.2) is 16.7 Å². The summed E-state index contributed by atoms with van der Waals surface area (Å²) in [5.74, 6) is 1.00. The molecule has 1 saturated heterocycles. The normalized spacial score (nSPS) is 25.5. The van der Waals surface area contributed by atoms with Gasteiger partial charge in [-0.05, 0) is 12.5 Å². The molecule has 2 aliphatic rings. The van der Waals surface area contributed by atoms with Crippen LogP contribution < -0.4 is 5.32 Å². The highest BCUT2D eigenvalue weighted by Gasteiger charge is 2.35. The number of methoxy groups -OCH3 is 1. The first-order valence-electron chi connectivity index (χ1n) is 7.43. The number of hydrogen-bond acceptors (Lipinski definition) is 4. The molecular formula is C15H22N2O4. The predicted octanol–water partition coefficient (Wildman–Crippen LogP) is 1.54. The summed E-state index contributed by atoms with van der Waals surface area (Å²) in [6.07, 6.45) is 4.33. The summed E-state index contributed by atoms with van der Waals surface area (Å²) in [5, 5.41) is 2.99. The van der Waals surface area contributed by atoms with Crippen LogP contribution in [0.1, 0.15) is 24.2 Å². The highest BCUT2D eigenvalue weighted by atomic mass is 16.5. The Morgan fingerprint density at radius 3 is 3.24 bits per heavy atom. The minimum absolute atomic E-state index is 0.0487. The smallest absolute Gasteiger partial charge is 0.317 e. The van der Waals surface area contributed by atoms with Gasteiger partial charge in [-0.3, -0.25) is 0 Å². The Morgan fingerprint density at radius 2 is 2.48 bits per heavy atom. The molecular weight excluding hydrogens is 272 g/mol. The van der Waals surface area contributed by atoms with E-state index in [2.05, 4.69) is 5.32 Å². The van der Waals surface area contributed by atoms with Crippen molar-refractivity contribution in [2.75, 3.05) is 33.4 Å². The number of hydrogen-bond donors (Lipinski definition) is 1. The molecule has 0 aliphatic carbocycles. The number of carbonyl (C=O) groups is 1. The Labute approximate surface area is 124 Å². The van der Waals surface area contributed by atoms with E-state index in [-0.39, 0.29) is 11.6 Å². The summed E-state index contributed by atoms with van der Waals surface area (Å²) < 4.78 is 16.4. The number of nitrogens with one attached hydrogen (secondary N) is 1. The van der Waals surface area contributed by atoms with E-state index in [0.717, 1.165) is 37.1 Å². The second kappa shape index (κ2) is 6.07. The lowest BCUT2D eigenvalue weighted by molar-refractivity contribution is -0.0145. The molecule has 3 heterocycles. The first-order valence-corrected chi connectivity index (χ1v) is 7.43. The van der Waals surface area contributed by atoms with E-state index < -0.39 is 0 Å². The maximum Gasteiger partial charge on any atom is 0.317 e. The van der Waals surface area contributed by atoms with Gasteiger partial charge in [-0.15, -0.1) is 0 Å². The standard InChI is InChI=1S/C15H22N2O4/c1-19-15(5-8-20-11-15)10-16-14(18)17-6-2-3-13-12(9-17)4-7-21-13/h4,7H,2-3,5-6,8-11H2,1H3,(H,16,18). The molecule has 0 radical (unpaired) electrons. The van der Waals surface area contributed by atoms with Crippen molar-refractivity contribution in [2.24, 2.45) is 0 Å². The van der Waals surface area contributed by atoms with Crippen LogP contribution in [-0.4, -0.2) is 49.9 Å². The predicted molar refractivity (Wildman–Crippen MR) is 76.0 cm³/mol. The van der Waals surface area contributed by atoms with Crippen LogP contribution in [0, 0.1) is 0 Å². The molecule has 0 bridgehead atoms. The lowest BCUT2D eigenvalue weighted by Gasteiger charge is -2.28. The number of amides is 2. The molecule has 0 aromatic carbocycles. The van der Waals surface area contributed by atoms with E-state index >= 15 is 0 Å². The van der Waals surface area contributed by atoms with Gasteiger partial charge in [0.05, 0.1) is 26.0 Å². The molecule has 1 aromatic rings. The number of furan rings is 1. The topological polar surface area (TPSA) is 63.9 Å². The summed E-state index contributed by atoms with van der Waals surface area (Å²) >= 11 is 0. The summed E-state index contributed by atoms with van der Waals surface area (Å²) in [6.45, 7) is 3.05. The van der Waals surface area contributed by atoms with Gasteiger partial charge in [0.25, 0.3) is 0 Å². The molecule has 1 N–H and O–H groups in total. The molecule has 6 heteroatoms. The molecule has 1 fully saturated rings. The van der Waals surface area contributed by atoms with Crippen LogP contribution >= 0.6 is 0 Å². The SMILES string of the molecule is COC1(CNC(=O)N2CCCc3occc3C2)CCOC1. The quantitative estimate of drug-likeness (QED) is 0.918. The summed E-state index contributed by atoms with van der Waals surface area (Å²) in [4.78, 5) is 14.2. The monoisotopic (exact) mass is 294 g/mol. The van der Waals surface area contributed by atoms with E-state index in [0.29, 0.717) is 26.3 Å². The Hall–Kier alpha value is -1.53. The van der Waals surface area contributed by atoms with Crippen molar-refractivity contribution in [3.63, 3.8) is 0 Å². The van der Waals surface area contributed by atoms with Gasteiger partial charge >= 0.3 is 6.03 Å². The van der Waals surface area contributed by atoms with E-state index in [1.807, 2.05) is 11.0 Å². The van der Waals surface area contributed by atoms with Gasteiger partial charge < -0.3 is 24.1 Å². The molecule has 21 heavy (non-hydrogen) atoms. The van der Waals surface area contributed by atoms with Crippen LogP contribution in [0.25, 0.3) is 0 Å². The number of rotatable bonds is 3. The maximum atomic E-state index is 12.4. The van der Waals surface area contributed by atoms with Crippen LogP contribution in [0.3, 0.4) is 0 Å². The molecule has 0 saturated carbocycles. The zero-order valence-corrected chi connectivity index (χ0v) is 12.4. The lowest BCUT2D eigenvalue weighted by Crippen LogP contribution is -2.49. The third kappa shape index (κ3) is 3.06. The minimum Gasteiger partial charge on any atom is -0.469 e. The van der Waals surface area contributed by atoms with Crippen molar-refractivity contribution < 1.29 is 18.7 Å². The maximum absolute atomic E-state index is 12.4. The van der Waals surface area contributed by atoms with Gasteiger partial charge in [0.1, 0.15) is 11.4 Å². The largest absolute Gasteiger partial charge is 0.469 e. The third-order valence-electron chi connectivity index (χ3n) is 4.38. The fourth-order valence-electron chi connectivity index (χ4n) is 2.93. The Balaban J connectivity index is 1.58. The first-order chi connectivity index (χ1) is 10.2. The molecule has 2 aliphatic heterocycles. The summed E-state index contributed by atoms with van der Waals surface area (Å²) in [5.41, 5.74) is 0.732. The van der Waals surface area contributed by atoms with Crippen molar-refractivity contribution in [3.8, 4) is 0 Å². The number of carbonyl (C=O) groups excluding carboxylic acids is 1. The first kappa shape index (κ1) is 14.4. The van der Waals surface area contributed by atoms with Crippen molar-refractivity contribution in [1.29, 1.82) is 0 Å². The number of aryl methyl sites for hydroxylation is 1. The van der Waals surface area contributed by atoms with Crippen molar-refractivity contribution in [3.05, 3.63) is 23.7 Å². The molecule has 1 unspecified atom stereocenters. The van der Waals surface area contributed by atoms with Crippen LogP contribution in [0.5, 0.6) is 0 Å². The Bertz CT molecular complexity index is 494. The van der Waals surface area contributed by atoms with Crippen LogP contribution in [0.4, 0.5) is 4.79 Å². The highest BCUT2D eigenvalue weighted by Crippen LogP contribution is 2.22. The van der Waals surface area contributed by atoms with Crippen molar-refractivity contribution >= 4 is 6.03 Å². The number of ether oxygens (including phenoxy) is 2. The summed E-state index contributed by atoms with van der Waals surface area (Å²) in [6, 6.07) is 1.90. The third-order valence-corrected chi connectivity index (χ3v) is 4.38. The molecule has 2 amide bonds. The van der Waals surface area contributed by atoms with Crippen LogP contribution in [0.2, 0.25) is 0 Å². The molecule has 6 nitrogen and oxygen atoms in total. The Kier molecular flexibility index (Phi) is 4.17. The molecule has 116 valence electrons. The minimum atomic E-state index is -0.373. The number of fused-ring (bicyclic) bond motifs is 1. The van der Waals surface area contributed by atoms with Gasteiger partial charge in [-0.25, -0.2) is 4.79 Å². The number of nitrogens with zero attached hydrogens (tertiary/aromatic N) is 1. The molecule has 3 rings (SSSR count). The van der Waals surface area contributed by atoms with E-state index in [4.69, 9.17) is 13.9 Å². The average Bonchev–Trinajstić information content (AvgIpc) is 3.10. The highest BCUT2D eigenvalue weighted by molar-refractivity contribution is 5.74. The molecule has 1 aromatic heterocycles. The fraction of sp³-hybridized carbons (Fsp3) is 0.667. The van der Waals surface area contributed by atoms with E-state index in [1.165, 1.54) is 0 Å². The zero-order chi connectivity index (χ0) is 14.7. The average molecular weight is 294 g/mol. The van der Waals surface area contributed by atoms with Gasteiger partial charge in [0.15, 0.2) is 0 Å².